The quantitative estimate of drug-likeness (QED) is 0.917. The molecule has 0 aromatic heterocycles. The van der Waals surface area contributed by atoms with Gasteiger partial charge in [0.1, 0.15) is 5.82 Å². The van der Waals surface area contributed by atoms with Crippen molar-refractivity contribution in [2.45, 2.75) is 18.1 Å². The summed E-state index contributed by atoms with van der Waals surface area (Å²) in [5, 5.41) is 3.58. The number of hydrogen-bond acceptors (Lipinski definition) is 2. The number of carbonyl (C=O) groups is 1. The average molecular weight is 274 g/mol. The molecule has 0 bridgehead atoms. The SMILES string of the molecule is O=C(NCC1CCCS1)c1cc(Cl)ccc1F. The van der Waals surface area contributed by atoms with Crippen LogP contribution in [-0.4, -0.2) is 23.5 Å². The fourth-order valence-corrected chi connectivity index (χ4v) is 3.15. The van der Waals surface area contributed by atoms with E-state index in [1.54, 1.807) is 0 Å². The predicted octanol–water partition coefficient (Wildman–Crippen LogP) is 3.10. The van der Waals surface area contributed by atoms with Gasteiger partial charge in [-0.05, 0) is 36.8 Å². The minimum Gasteiger partial charge on any atom is -0.351 e. The molecule has 0 saturated carbocycles. The van der Waals surface area contributed by atoms with Crippen molar-refractivity contribution in [3.63, 3.8) is 0 Å². The van der Waals surface area contributed by atoms with Crippen LogP contribution in [0.1, 0.15) is 23.2 Å². The molecule has 1 atom stereocenters. The first kappa shape index (κ1) is 12.7. The van der Waals surface area contributed by atoms with Crippen molar-refractivity contribution in [3.8, 4) is 0 Å². The van der Waals surface area contributed by atoms with Gasteiger partial charge in [-0.3, -0.25) is 4.79 Å². The van der Waals surface area contributed by atoms with Gasteiger partial charge in [0.15, 0.2) is 0 Å². The maximum Gasteiger partial charge on any atom is 0.254 e. The van der Waals surface area contributed by atoms with Gasteiger partial charge in [-0.25, -0.2) is 4.39 Å². The molecule has 1 unspecified atom stereocenters. The first-order valence-electron chi connectivity index (χ1n) is 5.51. The van der Waals surface area contributed by atoms with Crippen LogP contribution in [0.5, 0.6) is 0 Å². The van der Waals surface area contributed by atoms with Crippen LogP contribution in [0.4, 0.5) is 4.39 Å². The van der Waals surface area contributed by atoms with Gasteiger partial charge in [-0.1, -0.05) is 11.6 Å². The number of nitrogens with one attached hydrogen (secondary N) is 1. The molecular weight excluding hydrogens is 261 g/mol. The summed E-state index contributed by atoms with van der Waals surface area (Å²) in [5.41, 5.74) is 0.0143. The zero-order valence-corrected chi connectivity index (χ0v) is 10.8. The molecule has 0 aliphatic carbocycles. The van der Waals surface area contributed by atoms with Crippen molar-refractivity contribution in [2.24, 2.45) is 0 Å². The van der Waals surface area contributed by atoms with Crippen LogP contribution in [-0.2, 0) is 0 Å². The van der Waals surface area contributed by atoms with Crippen LogP contribution in [0.25, 0.3) is 0 Å². The number of amides is 1. The number of hydrogen-bond donors (Lipinski definition) is 1. The minimum absolute atomic E-state index is 0.0143. The molecule has 2 rings (SSSR count). The van der Waals surface area contributed by atoms with Crippen molar-refractivity contribution in [3.05, 3.63) is 34.6 Å². The average Bonchev–Trinajstić information content (AvgIpc) is 2.82. The Labute approximate surface area is 109 Å². The van der Waals surface area contributed by atoms with Crippen molar-refractivity contribution < 1.29 is 9.18 Å². The number of thioether (sulfide) groups is 1. The zero-order chi connectivity index (χ0) is 12.3. The lowest BCUT2D eigenvalue weighted by atomic mass is 10.2. The molecule has 1 fully saturated rings. The van der Waals surface area contributed by atoms with Crippen molar-refractivity contribution in [1.82, 2.24) is 5.32 Å². The van der Waals surface area contributed by atoms with Crippen LogP contribution < -0.4 is 5.32 Å². The number of rotatable bonds is 3. The molecule has 1 saturated heterocycles. The maximum atomic E-state index is 13.4. The van der Waals surface area contributed by atoms with Gasteiger partial charge in [0.25, 0.3) is 5.91 Å². The van der Waals surface area contributed by atoms with E-state index in [0.717, 1.165) is 12.2 Å². The molecule has 1 amide bonds. The topological polar surface area (TPSA) is 29.1 Å². The molecule has 92 valence electrons. The van der Waals surface area contributed by atoms with E-state index < -0.39 is 11.7 Å². The highest BCUT2D eigenvalue weighted by molar-refractivity contribution is 8.00. The molecule has 1 aromatic carbocycles. The van der Waals surface area contributed by atoms with E-state index in [1.165, 1.54) is 24.6 Å². The lowest BCUT2D eigenvalue weighted by molar-refractivity contribution is 0.0949. The van der Waals surface area contributed by atoms with E-state index in [0.29, 0.717) is 16.8 Å². The predicted molar refractivity (Wildman–Crippen MR) is 69.2 cm³/mol. The Morgan fingerprint density at radius 3 is 3.12 bits per heavy atom. The van der Waals surface area contributed by atoms with Gasteiger partial charge >= 0.3 is 0 Å². The van der Waals surface area contributed by atoms with Gasteiger partial charge in [0, 0.05) is 16.8 Å². The van der Waals surface area contributed by atoms with Crippen LogP contribution in [0.2, 0.25) is 5.02 Å². The highest BCUT2D eigenvalue weighted by atomic mass is 35.5. The number of benzene rings is 1. The summed E-state index contributed by atoms with van der Waals surface area (Å²) >= 11 is 7.59. The molecule has 1 aliphatic rings. The third kappa shape index (κ3) is 3.36. The minimum atomic E-state index is -0.536. The van der Waals surface area contributed by atoms with Gasteiger partial charge in [0.2, 0.25) is 0 Å². The second kappa shape index (κ2) is 5.74. The van der Waals surface area contributed by atoms with Crippen molar-refractivity contribution >= 4 is 29.3 Å². The summed E-state index contributed by atoms with van der Waals surface area (Å²) in [4.78, 5) is 11.8. The van der Waals surface area contributed by atoms with E-state index in [4.69, 9.17) is 11.6 Å². The Morgan fingerprint density at radius 2 is 2.41 bits per heavy atom. The summed E-state index contributed by atoms with van der Waals surface area (Å²) in [6.07, 6.45) is 2.31. The fourth-order valence-electron chi connectivity index (χ4n) is 1.78. The van der Waals surface area contributed by atoms with Crippen LogP contribution in [0, 0.1) is 5.82 Å². The molecule has 1 aromatic rings. The van der Waals surface area contributed by atoms with Gasteiger partial charge in [-0.15, -0.1) is 0 Å². The Kier molecular flexibility index (Phi) is 4.29. The van der Waals surface area contributed by atoms with Crippen LogP contribution in [0.3, 0.4) is 0 Å². The summed E-state index contributed by atoms with van der Waals surface area (Å²) < 4.78 is 13.4. The van der Waals surface area contributed by atoms with E-state index >= 15 is 0 Å². The van der Waals surface area contributed by atoms with Gasteiger partial charge in [-0.2, -0.15) is 11.8 Å². The monoisotopic (exact) mass is 273 g/mol. The fraction of sp³-hybridized carbons (Fsp3) is 0.417. The lowest BCUT2D eigenvalue weighted by Crippen LogP contribution is -2.30. The van der Waals surface area contributed by atoms with Crippen molar-refractivity contribution in [1.29, 1.82) is 0 Å². The van der Waals surface area contributed by atoms with E-state index in [1.807, 2.05) is 11.8 Å². The molecule has 5 heteroatoms. The smallest absolute Gasteiger partial charge is 0.254 e. The largest absolute Gasteiger partial charge is 0.351 e. The Hall–Kier alpha value is -0.740. The third-order valence-electron chi connectivity index (χ3n) is 2.69. The molecule has 17 heavy (non-hydrogen) atoms. The normalized spacial score (nSPS) is 19.3. The number of halogens is 2. The first-order chi connectivity index (χ1) is 8.16. The maximum absolute atomic E-state index is 13.4. The summed E-state index contributed by atoms with van der Waals surface area (Å²) in [5.74, 6) is 0.218. The third-order valence-corrected chi connectivity index (χ3v) is 4.32. The highest BCUT2D eigenvalue weighted by Gasteiger charge is 2.18. The lowest BCUT2D eigenvalue weighted by Gasteiger charge is -2.10. The van der Waals surface area contributed by atoms with Crippen LogP contribution in [0.15, 0.2) is 18.2 Å². The van der Waals surface area contributed by atoms with Crippen molar-refractivity contribution in [2.75, 3.05) is 12.3 Å². The molecule has 1 N–H and O–H groups in total. The summed E-state index contributed by atoms with van der Waals surface area (Å²) in [6.45, 7) is 0.593. The summed E-state index contributed by atoms with van der Waals surface area (Å²) in [6, 6.07) is 4.00. The first-order valence-corrected chi connectivity index (χ1v) is 6.94. The molecule has 0 spiro atoms. The number of carbonyl (C=O) groups excluding carboxylic acids is 1. The zero-order valence-electron chi connectivity index (χ0n) is 9.21. The Bertz CT molecular complexity index is 421. The second-order valence-corrected chi connectivity index (χ2v) is 5.81. The van der Waals surface area contributed by atoms with Gasteiger partial charge in [0.05, 0.1) is 5.56 Å². The van der Waals surface area contributed by atoms with Gasteiger partial charge < -0.3 is 5.32 Å². The molecule has 1 heterocycles. The van der Waals surface area contributed by atoms with E-state index in [9.17, 15) is 9.18 Å². The standard InChI is InChI=1S/C12H13ClFNOS/c13-8-3-4-11(14)10(6-8)12(16)15-7-9-2-1-5-17-9/h3-4,6,9H,1-2,5,7H2,(H,15,16). The van der Waals surface area contributed by atoms with E-state index in [2.05, 4.69) is 5.32 Å². The molecule has 0 radical (unpaired) electrons. The van der Waals surface area contributed by atoms with Crippen LogP contribution >= 0.6 is 23.4 Å². The highest BCUT2D eigenvalue weighted by Crippen LogP contribution is 2.25. The second-order valence-electron chi connectivity index (χ2n) is 3.97. The molecule has 1 aliphatic heterocycles. The molecular formula is C12H13ClFNOS. The van der Waals surface area contributed by atoms with E-state index in [-0.39, 0.29) is 5.56 Å². The summed E-state index contributed by atoms with van der Waals surface area (Å²) in [7, 11) is 0. The Balaban J connectivity index is 1.96. The molecule has 2 nitrogen and oxygen atoms in total. The Morgan fingerprint density at radius 1 is 1.59 bits per heavy atom.